The molecule has 0 aliphatic carbocycles. The molecule has 0 atom stereocenters. The van der Waals surface area contributed by atoms with Crippen molar-refractivity contribution in [3.8, 4) is 0 Å². The second kappa shape index (κ2) is 6.22. The highest BCUT2D eigenvalue weighted by molar-refractivity contribution is 6.06. The van der Waals surface area contributed by atoms with Crippen LogP contribution in [0.1, 0.15) is 43.7 Å². The fourth-order valence-corrected chi connectivity index (χ4v) is 2.25. The third-order valence-corrected chi connectivity index (χ3v) is 3.01. The van der Waals surface area contributed by atoms with E-state index in [2.05, 4.69) is 4.98 Å². The Morgan fingerprint density at radius 2 is 1.86 bits per heavy atom. The van der Waals surface area contributed by atoms with Gasteiger partial charge in [0.05, 0.1) is 18.6 Å². The van der Waals surface area contributed by atoms with Crippen LogP contribution in [0, 0.1) is 0 Å². The summed E-state index contributed by atoms with van der Waals surface area (Å²) in [6.07, 6.45) is 0.0110. The summed E-state index contributed by atoms with van der Waals surface area (Å²) in [5, 5.41) is 0.746. The Morgan fingerprint density at radius 3 is 2.50 bits per heavy atom. The molecule has 2 rings (SSSR count). The Hall–Kier alpha value is -2.30. The average molecular weight is 303 g/mol. The van der Waals surface area contributed by atoms with Crippen LogP contribution >= 0.6 is 0 Å². The van der Waals surface area contributed by atoms with Crippen LogP contribution in [0.25, 0.3) is 10.9 Å². The van der Waals surface area contributed by atoms with Gasteiger partial charge < -0.3 is 14.5 Å². The van der Waals surface area contributed by atoms with Gasteiger partial charge in [0, 0.05) is 16.6 Å². The Kier molecular flexibility index (Phi) is 4.54. The highest BCUT2D eigenvalue weighted by Crippen LogP contribution is 2.25. The molecule has 0 amide bonds. The van der Waals surface area contributed by atoms with Crippen molar-refractivity contribution in [2.24, 2.45) is 0 Å². The standard InChI is InChI=1S/C17H21NO4/c1-5-21-14(19)10-13-15(16(20)22-17(2,3)4)11-8-6-7-9-12(11)18-13/h6-9,18H,5,10H2,1-4H3. The number of para-hydroxylation sites is 1. The van der Waals surface area contributed by atoms with Crippen LogP contribution in [0.5, 0.6) is 0 Å². The highest BCUT2D eigenvalue weighted by Gasteiger charge is 2.25. The summed E-state index contributed by atoms with van der Waals surface area (Å²) in [6.45, 7) is 7.49. The number of carbonyl (C=O) groups excluding carboxylic acids is 2. The lowest BCUT2D eigenvalue weighted by Crippen LogP contribution is -2.24. The molecule has 0 unspecified atom stereocenters. The maximum Gasteiger partial charge on any atom is 0.341 e. The molecule has 118 valence electrons. The molecule has 1 aromatic heterocycles. The molecule has 0 radical (unpaired) electrons. The van der Waals surface area contributed by atoms with Gasteiger partial charge in [-0.15, -0.1) is 0 Å². The van der Waals surface area contributed by atoms with Gasteiger partial charge in [-0.3, -0.25) is 4.79 Å². The first-order chi connectivity index (χ1) is 10.3. The molecule has 5 nitrogen and oxygen atoms in total. The lowest BCUT2D eigenvalue weighted by atomic mass is 10.1. The van der Waals surface area contributed by atoms with E-state index in [4.69, 9.17) is 9.47 Å². The summed E-state index contributed by atoms with van der Waals surface area (Å²) in [7, 11) is 0. The van der Waals surface area contributed by atoms with E-state index in [0.717, 1.165) is 10.9 Å². The lowest BCUT2D eigenvalue weighted by Gasteiger charge is -2.19. The van der Waals surface area contributed by atoms with Crippen LogP contribution in [-0.2, 0) is 20.7 Å². The average Bonchev–Trinajstić information content (AvgIpc) is 2.74. The molecule has 2 aromatic rings. The Labute approximate surface area is 129 Å². The van der Waals surface area contributed by atoms with Crippen LogP contribution in [0.15, 0.2) is 24.3 Å². The number of esters is 2. The molecule has 0 fully saturated rings. The quantitative estimate of drug-likeness (QED) is 0.880. The van der Waals surface area contributed by atoms with Crippen LogP contribution < -0.4 is 0 Å². The van der Waals surface area contributed by atoms with Crippen LogP contribution in [0.4, 0.5) is 0 Å². The first-order valence-corrected chi connectivity index (χ1v) is 7.30. The van der Waals surface area contributed by atoms with E-state index in [9.17, 15) is 9.59 Å². The summed E-state index contributed by atoms with van der Waals surface area (Å²) in [5.74, 6) is -0.817. The number of aromatic nitrogens is 1. The molecule has 0 spiro atoms. The molecular weight excluding hydrogens is 282 g/mol. The monoisotopic (exact) mass is 303 g/mol. The summed E-state index contributed by atoms with van der Waals surface area (Å²) >= 11 is 0. The van der Waals surface area contributed by atoms with Crippen molar-refractivity contribution in [1.82, 2.24) is 4.98 Å². The van der Waals surface area contributed by atoms with Gasteiger partial charge >= 0.3 is 11.9 Å². The normalized spacial score (nSPS) is 11.5. The van der Waals surface area contributed by atoms with Crippen molar-refractivity contribution in [3.63, 3.8) is 0 Å². The highest BCUT2D eigenvalue weighted by atomic mass is 16.6. The first-order valence-electron chi connectivity index (χ1n) is 7.30. The van der Waals surface area contributed by atoms with Crippen molar-refractivity contribution in [3.05, 3.63) is 35.5 Å². The third kappa shape index (κ3) is 3.67. The van der Waals surface area contributed by atoms with E-state index in [1.165, 1.54) is 0 Å². The van der Waals surface area contributed by atoms with Gasteiger partial charge in [0.2, 0.25) is 0 Å². The molecule has 0 saturated carbocycles. The molecule has 1 aromatic carbocycles. The number of hydrogen-bond donors (Lipinski definition) is 1. The molecule has 1 N–H and O–H groups in total. The van der Waals surface area contributed by atoms with E-state index in [1.54, 1.807) is 6.92 Å². The molecule has 1 heterocycles. The maximum atomic E-state index is 12.5. The Balaban J connectivity index is 2.44. The summed E-state index contributed by atoms with van der Waals surface area (Å²) in [4.78, 5) is 27.4. The van der Waals surface area contributed by atoms with Crippen LogP contribution in [0.2, 0.25) is 0 Å². The number of ether oxygens (including phenoxy) is 2. The third-order valence-electron chi connectivity index (χ3n) is 3.01. The number of aromatic amines is 1. The first kappa shape index (κ1) is 16.1. The predicted molar refractivity (Wildman–Crippen MR) is 83.8 cm³/mol. The van der Waals surface area contributed by atoms with E-state index in [1.807, 2.05) is 45.0 Å². The zero-order chi connectivity index (χ0) is 16.3. The molecule has 0 bridgehead atoms. The second-order valence-electron chi connectivity index (χ2n) is 6.01. The largest absolute Gasteiger partial charge is 0.466 e. The Morgan fingerprint density at radius 1 is 1.18 bits per heavy atom. The van der Waals surface area contributed by atoms with Crippen LogP contribution in [0.3, 0.4) is 0 Å². The van der Waals surface area contributed by atoms with Crippen molar-refractivity contribution >= 4 is 22.8 Å². The van der Waals surface area contributed by atoms with Crippen molar-refractivity contribution in [2.45, 2.75) is 39.7 Å². The van der Waals surface area contributed by atoms with Gasteiger partial charge in [-0.25, -0.2) is 4.79 Å². The number of nitrogens with one attached hydrogen (secondary N) is 1. The van der Waals surface area contributed by atoms with Crippen molar-refractivity contribution < 1.29 is 19.1 Å². The molecule has 0 aliphatic rings. The van der Waals surface area contributed by atoms with Gasteiger partial charge in [-0.05, 0) is 33.8 Å². The Bertz CT molecular complexity index is 694. The van der Waals surface area contributed by atoms with Crippen molar-refractivity contribution in [1.29, 1.82) is 0 Å². The van der Waals surface area contributed by atoms with Crippen LogP contribution in [-0.4, -0.2) is 29.1 Å². The van der Waals surface area contributed by atoms with E-state index in [0.29, 0.717) is 17.9 Å². The predicted octanol–water partition coefficient (Wildman–Crippen LogP) is 3.23. The summed E-state index contributed by atoms with van der Waals surface area (Å²) < 4.78 is 10.4. The van der Waals surface area contributed by atoms with Crippen molar-refractivity contribution in [2.75, 3.05) is 6.61 Å². The topological polar surface area (TPSA) is 68.4 Å². The molecule has 0 aliphatic heterocycles. The van der Waals surface area contributed by atoms with Gasteiger partial charge in [-0.1, -0.05) is 18.2 Å². The molecule has 0 saturated heterocycles. The molecular formula is C17H21NO4. The number of carbonyl (C=O) groups is 2. The minimum Gasteiger partial charge on any atom is -0.466 e. The zero-order valence-corrected chi connectivity index (χ0v) is 13.4. The molecule has 5 heteroatoms. The van der Waals surface area contributed by atoms with Gasteiger partial charge in [0.15, 0.2) is 0 Å². The van der Waals surface area contributed by atoms with E-state index < -0.39 is 11.6 Å². The number of hydrogen-bond acceptors (Lipinski definition) is 4. The number of H-pyrrole nitrogens is 1. The minimum absolute atomic E-state index is 0.0110. The van der Waals surface area contributed by atoms with E-state index in [-0.39, 0.29) is 12.4 Å². The summed E-state index contributed by atoms with van der Waals surface area (Å²) in [5.41, 5.74) is 1.12. The minimum atomic E-state index is -0.601. The van der Waals surface area contributed by atoms with E-state index >= 15 is 0 Å². The number of benzene rings is 1. The van der Waals surface area contributed by atoms with Gasteiger partial charge in [0.1, 0.15) is 5.60 Å². The second-order valence-corrected chi connectivity index (χ2v) is 6.01. The smallest absolute Gasteiger partial charge is 0.341 e. The fourth-order valence-electron chi connectivity index (χ4n) is 2.25. The maximum absolute atomic E-state index is 12.5. The number of rotatable bonds is 4. The lowest BCUT2D eigenvalue weighted by molar-refractivity contribution is -0.142. The summed E-state index contributed by atoms with van der Waals surface area (Å²) in [6, 6.07) is 7.40. The molecule has 22 heavy (non-hydrogen) atoms. The fraction of sp³-hybridized carbons (Fsp3) is 0.412. The zero-order valence-electron chi connectivity index (χ0n) is 13.4. The van der Waals surface area contributed by atoms with Gasteiger partial charge in [-0.2, -0.15) is 0 Å². The van der Waals surface area contributed by atoms with Gasteiger partial charge in [0.25, 0.3) is 0 Å². The SMILES string of the molecule is CCOC(=O)Cc1[nH]c2ccccc2c1C(=O)OC(C)(C)C. The number of fused-ring (bicyclic) bond motifs is 1.